The largest absolute Gasteiger partial charge is 0.493 e. The van der Waals surface area contributed by atoms with Crippen LogP contribution in [0.3, 0.4) is 0 Å². The van der Waals surface area contributed by atoms with E-state index >= 15 is 0 Å². The molecule has 0 saturated heterocycles. The zero-order valence-electron chi connectivity index (χ0n) is 10.2. The summed E-state index contributed by atoms with van der Waals surface area (Å²) in [4.78, 5) is 18.2. The molecule has 0 aromatic carbocycles. The Balaban J connectivity index is 2.73. The SMILES string of the molecule is Cc1nn(C)c(C)c1-c1nc(O)c(C)c(=O)[nH]1. The van der Waals surface area contributed by atoms with Gasteiger partial charge in [-0.15, -0.1) is 0 Å². The zero-order valence-corrected chi connectivity index (χ0v) is 10.2. The summed E-state index contributed by atoms with van der Waals surface area (Å²) in [5, 5.41) is 13.8. The Bertz CT molecular complexity index is 640. The quantitative estimate of drug-likeness (QED) is 0.764. The molecule has 0 aliphatic carbocycles. The molecule has 90 valence electrons. The minimum Gasteiger partial charge on any atom is -0.493 e. The summed E-state index contributed by atoms with van der Waals surface area (Å²) >= 11 is 0. The fraction of sp³-hybridized carbons (Fsp3) is 0.364. The first-order chi connectivity index (χ1) is 7.91. The van der Waals surface area contributed by atoms with Gasteiger partial charge in [0.2, 0.25) is 5.88 Å². The van der Waals surface area contributed by atoms with Crippen molar-refractivity contribution in [2.24, 2.45) is 7.05 Å². The third-order valence-corrected chi connectivity index (χ3v) is 2.87. The van der Waals surface area contributed by atoms with Gasteiger partial charge in [-0.25, -0.2) is 0 Å². The molecule has 2 aromatic rings. The summed E-state index contributed by atoms with van der Waals surface area (Å²) in [6.07, 6.45) is 0. The molecule has 17 heavy (non-hydrogen) atoms. The van der Waals surface area contributed by atoms with Gasteiger partial charge in [0.25, 0.3) is 5.56 Å². The number of aromatic hydroxyl groups is 1. The molecule has 2 heterocycles. The molecule has 0 spiro atoms. The van der Waals surface area contributed by atoms with Gasteiger partial charge in [0.15, 0.2) is 0 Å². The fourth-order valence-electron chi connectivity index (χ4n) is 1.76. The summed E-state index contributed by atoms with van der Waals surface area (Å²) in [5.41, 5.74) is 2.27. The van der Waals surface area contributed by atoms with E-state index in [1.165, 1.54) is 6.92 Å². The smallest absolute Gasteiger partial charge is 0.257 e. The van der Waals surface area contributed by atoms with Crippen LogP contribution in [0.4, 0.5) is 0 Å². The Morgan fingerprint density at radius 1 is 1.29 bits per heavy atom. The van der Waals surface area contributed by atoms with Crippen LogP contribution < -0.4 is 5.56 Å². The van der Waals surface area contributed by atoms with E-state index in [1.54, 1.807) is 4.68 Å². The molecule has 0 fully saturated rings. The number of aromatic nitrogens is 4. The third-order valence-electron chi connectivity index (χ3n) is 2.87. The first-order valence-corrected chi connectivity index (χ1v) is 5.22. The van der Waals surface area contributed by atoms with Crippen molar-refractivity contribution in [2.45, 2.75) is 20.8 Å². The van der Waals surface area contributed by atoms with Crippen LogP contribution in [0, 0.1) is 20.8 Å². The monoisotopic (exact) mass is 234 g/mol. The minimum atomic E-state index is -0.338. The van der Waals surface area contributed by atoms with E-state index < -0.39 is 0 Å². The molecule has 0 amide bonds. The molecule has 2 N–H and O–H groups in total. The Labute approximate surface area is 98.0 Å². The molecule has 6 heteroatoms. The Morgan fingerprint density at radius 3 is 2.41 bits per heavy atom. The van der Waals surface area contributed by atoms with E-state index in [4.69, 9.17) is 0 Å². The van der Waals surface area contributed by atoms with Crippen LogP contribution in [0.25, 0.3) is 11.4 Å². The molecule has 2 aromatic heterocycles. The van der Waals surface area contributed by atoms with Crippen LogP contribution in [0.5, 0.6) is 5.88 Å². The second-order valence-corrected chi connectivity index (χ2v) is 4.03. The summed E-state index contributed by atoms with van der Waals surface area (Å²) in [6.45, 7) is 5.24. The molecule has 0 radical (unpaired) electrons. The lowest BCUT2D eigenvalue weighted by Crippen LogP contribution is -2.12. The molecule has 0 saturated carbocycles. The lowest BCUT2D eigenvalue weighted by atomic mass is 10.2. The van der Waals surface area contributed by atoms with Crippen LogP contribution >= 0.6 is 0 Å². The lowest BCUT2D eigenvalue weighted by Gasteiger charge is -2.03. The van der Waals surface area contributed by atoms with Crippen molar-refractivity contribution >= 4 is 0 Å². The molecule has 6 nitrogen and oxygen atoms in total. The molecule has 0 bridgehead atoms. The van der Waals surface area contributed by atoms with E-state index in [0.29, 0.717) is 5.82 Å². The number of nitrogens with zero attached hydrogens (tertiary/aromatic N) is 3. The summed E-state index contributed by atoms with van der Waals surface area (Å²) in [6, 6.07) is 0. The standard InChI is InChI=1S/C11H14N4O2/c1-5-10(16)12-9(13-11(5)17)8-6(2)14-15(4)7(8)3/h1-4H3,(H2,12,13,16,17). The number of hydrogen-bond donors (Lipinski definition) is 2. The van der Waals surface area contributed by atoms with Gasteiger partial charge in [-0.05, 0) is 20.8 Å². The maximum absolute atomic E-state index is 11.6. The van der Waals surface area contributed by atoms with Crippen LogP contribution in [0.1, 0.15) is 17.0 Å². The van der Waals surface area contributed by atoms with E-state index in [9.17, 15) is 9.90 Å². The molecular weight excluding hydrogens is 220 g/mol. The number of aryl methyl sites for hydroxylation is 2. The van der Waals surface area contributed by atoms with E-state index in [-0.39, 0.29) is 17.0 Å². The van der Waals surface area contributed by atoms with Crippen molar-refractivity contribution < 1.29 is 5.11 Å². The van der Waals surface area contributed by atoms with Crippen molar-refractivity contribution in [3.63, 3.8) is 0 Å². The number of nitrogens with one attached hydrogen (secondary N) is 1. The Morgan fingerprint density at radius 2 is 1.94 bits per heavy atom. The van der Waals surface area contributed by atoms with Gasteiger partial charge in [-0.1, -0.05) is 0 Å². The second kappa shape index (κ2) is 3.73. The maximum atomic E-state index is 11.6. The Kier molecular flexibility index (Phi) is 2.49. The van der Waals surface area contributed by atoms with Crippen LogP contribution in [0.2, 0.25) is 0 Å². The fourth-order valence-corrected chi connectivity index (χ4v) is 1.76. The van der Waals surface area contributed by atoms with Gasteiger partial charge in [0, 0.05) is 12.7 Å². The average molecular weight is 234 g/mol. The van der Waals surface area contributed by atoms with Crippen molar-refractivity contribution in [1.29, 1.82) is 0 Å². The van der Waals surface area contributed by atoms with Gasteiger partial charge >= 0.3 is 0 Å². The van der Waals surface area contributed by atoms with E-state index in [1.807, 2.05) is 20.9 Å². The number of aromatic amines is 1. The van der Waals surface area contributed by atoms with Crippen molar-refractivity contribution in [1.82, 2.24) is 19.7 Å². The first kappa shape index (κ1) is 11.4. The number of H-pyrrole nitrogens is 1. The van der Waals surface area contributed by atoms with Crippen LogP contribution in [-0.2, 0) is 7.05 Å². The number of rotatable bonds is 1. The molecule has 0 aliphatic heterocycles. The molecule has 0 atom stereocenters. The zero-order chi connectivity index (χ0) is 12.7. The number of hydrogen-bond acceptors (Lipinski definition) is 4. The van der Waals surface area contributed by atoms with Gasteiger partial charge in [0.05, 0.1) is 16.8 Å². The van der Waals surface area contributed by atoms with E-state index in [0.717, 1.165) is 17.0 Å². The normalized spacial score (nSPS) is 10.8. The summed E-state index contributed by atoms with van der Waals surface area (Å²) in [7, 11) is 1.82. The second-order valence-electron chi connectivity index (χ2n) is 4.03. The predicted octanol–water partition coefficient (Wildman–Crippen LogP) is 0.801. The molecule has 0 unspecified atom stereocenters. The molecule has 0 aliphatic rings. The van der Waals surface area contributed by atoms with Crippen molar-refractivity contribution in [3.8, 4) is 17.3 Å². The summed E-state index contributed by atoms with van der Waals surface area (Å²) in [5.74, 6) is 0.104. The van der Waals surface area contributed by atoms with Crippen molar-refractivity contribution in [3.05, 3.63) is 27.3 Å². The van der Waals surface area contributed by atoms with Gasteiger partial charge in [0.1, 0.15) is 5.82 Å². The Hall–Kier alpha value is -2.11. The maximum Gasteiger partial charge on any atom is 0.257 e. The highest BCUT2D eigenvalue weighted by atomic mass is 16.3. The molecular formula is C11H14N4O2. The topological polar surface area (TPSA) is 83.8 Å². The van der Waals surface area contributed by atoms with Gasteiger partial charge < -0.3 is 10.1 Å². The third kappa shape index (κ3) is 1.71. The predicted molar refractivity (Wildman–Crippen MR) is 62.9 cm³/mol. The van der Waals surface area contributed by atoms with E-state index in [2.05, 4.69) is 15.1 Å². The van der Waals surface area contributed by atoms with Gasteiger partial charge in [-0.2, -0.15) is 10.1 Å². The molecule has 2 rings (SSSR count). The van der Waals surface area contributed by atoms with Crippen LogP contribution in [-0.4, -0.2) is 24.9 Å². The highest BCUT2D eigenvalue weighted by molar-refractivity contribution is 5.61. The first-order valence-electron chi connectivity index (χ1n) is 5.22. The summed E-state index contributed by atoms with van der Waals surface area (Å²) < 4.78 is 1.71. The highest BCUT2D eigenvalue weighted by Crippen LogP contribution is 2.23. The lowest BCUT2D eigenvalue weighted by molar-refractivity contribution is 0.447. The van der Waals surface area contributed by atoms with Gasteiger partial charge in [-0.3, -0.25) is 9.48 Å². The highest BCUT2D eigenvalue weighted by Gasteiger charge is 2.15. The van der Waals surface area contributed by atoms with Crippen molar-refractivity contribution in [2.75, 3.05) is 0 Å². The van der Waals surface area contributed by atoms with Crippen LogP contribution in [0.15, 0.2) is 4.79 Å². The average Bonchev–Trinajstić information content (AvgIpc) is 2.49. The minimum absolute atomic E-state index is 0.216.